The summed E-state index contributed by atoms with van der Waals surface area (Å²) in [6.07, 6.45) is 0. The Morgan fingerprint density at radius 3 is 2.67 bits per heavy atom. The number of anilines is 1. The van der Waals surface area contributed by atoms with Crippen LogP contribution in [0.25, 0.3) is 11.0 Å². The Morgan fingerprint density at radius 1 is 1.33 bits per heavy atom. The van der Waals surface area contributed by atoms with Crippen LogP contribution in [0.3, 0.4) is 0 Å². The van der Waals surface area contributed by atoms with Crippen molar-refractivity contribution in [1.29, 1.82) is 0 Å². The van der Waals surface area contributed by atoms with Crippen molar-refractivity contribution in [3.8, 4) is 0 Å². The first kappa shape index (κ1) is 10.1. The molecule has 0 unspecified atom stereocenters. The number of nitrogens with one attached hydrogen (secondary N) is 1. The molecule has 0 bridgehead atoms. The van der Waals surface area contributed by atoms with E-state index in [0.717, 1.165) is 0 Å². The summed E-state index contributed by atoms with van der Waals surface area (Å²) in [4.78, 5) is 8.07. The van der Waals surface area contributed by atoms with Crippen molar-refractivity contribution < 1.29 is 4.39 Å². The van der Waals surface area contributed by atoms with Gasteiger partial charge in [0.2, 0.25) is 0 Å². The Balaban J connectivity index is 2.76. The average molecular weight is 227 g/mol. The molecule has 4 nitrogen and oxygen atoms in total. The summed E-state index contributed by atoms with van der Waals surface area (Å²) >= 11 is 5.79. The molecule has 78 valence electrons. The predicted octanol–water partition coefficient (Wildman–Crippen LogP) is 2.02. The zero-order valence-electron chi connectivity index (χ0n) is 7.88. The highest BCUT2D eigenvalue weighted by molar-refractivity contribution is 6.32. The SMILES string of the molecule is Cc1cc2nc(Cl)c(NN)nc2cc1F. The van der Waals surface area contributed by atoms with Gasteiger partial charge in [0.15, 0.2) is 11.0 Å². The number of nitrogens with zero attached hydrogens (tertiary/aromatic N) is 2. The molecule has 2 aromatic rings. The topological polar surface area (TPSA) is 63.8 Å². The molecule has 0 amide bonds. The molecule has 1 heterocycles. The Bertz CT molecular complexity index is 529. The number of hydrogen-bond acceptors (Lipinski definition) is 4. The van der Waals surface area contributed by atoms with Crippen LogP contribution in [0.5, 0.6) is 0 Å². The van der Waals surface area contributed by atoms with E-state index in [1.165, 1.54) is 6.07 Å². The summed E-state index contributed by atoms with van der Waals surface area (Å²) < 4.78 is 13.2. The summed E-state index contributed by atoms with van der Waals surface area (Å²) in [6, 6.07) is 2.89. The van der Waals surface area contributed by atoms with E-state index >= 15 is 0 Å². The monoisotopic (exact) mass is 226 g/mol. The van der Waals surface area contributed by atoms with Crippen molar-refractivity contribution in [3.05, 3.63) is 28.7 Å². The van der Waals surface area contributed by atoms with Gasteiger partial charge < -0.3 is 5.43 Å². The van der Waals surface area contributed by atoms with Crippen LogP contribution >= 0.6 is 11.6 Å². The summed E-state index contributed by atoms with van der Waals surface area (Å²) in [7, 11) is 0. The molecule has 0 radical (unpaired) electrons. The smallest absolute Gasteiger partial charge is 0.178 e. The molecule has 2 rings (SSSR count). The van der Waals surface area contributed by atoms with Crippen LogP contribution < -0.4 is 11.3 Å². The molecular weight excluding hydrogens is 219 g/mol. The molecule has 0 fully saturated rings. The van der Waals surface area contributed by atoms with Crippen LogP contribution in [0, 0.1) is 12.7 Å². The van der Waals surface area contributed by atoms with Gasteiger partial charge >= 0.3 is 0 Å². The number of hydrogen-bond donors (Lipinski definition) is 2. The minimum atomic E-state index is -0.331. The molecule has 1 aromatic carbocycles. The van der Waals surface area contributed by atoms with Crippen LogP contribution in [0.15, 0.2) is 12.1 Å². The minimum absolute atomic E-state index is 0.163. The van der Waals surface area contributed by atoms with E-state index in [4.69, 9.17) is 17.4 Å². The van der Waals surface area contributed by atoms with Gasteiger partial charge in [-0.25, -0.2) is 20.2 Å². The van der Waals surface area contributed by atoms with Crippen LogP contribution in [-0.4, -0.2) is 9.97 Å². The third kappa shape index (κ3) is 1.71. The lowest BCUT2D eigenvalue weighted by molar-refractivity contribution is 0.620. The molecule has 0 aliphatic carbocycles. The Morgan fingerprint density at radius 2 is 2.00 bits per heavy atom. The second-order valence-corrected chi connectivity index (χ2v) is 3.46. The first-order valence-electron chi connectivity index (χ1n) is 4.22. The minimum Gasteiger partial charge on any atom is -0.306 e. The van der Waals surface area contributed by atoms with Gasteiger partial charge in [-0.3, -0.25) is 0 Å². The molecule has 6 heteroatoms. The Kier molecular flexibility index (Phi) is 2.42. The fourth-order valence-electron chi connectivity index (χ4n) is 1.25. The van der Waals surface area contributed by atoms with Crippen LogP contribution in [0.1, 0.15) is 5.56 Å². The Labute approximate surface area is 90.2 Å². The van der Waals surface area contributed by atoms with Gasteiger partial charge in [-0.05, 0) is 18.6 Å². The molecule has 1 aromatic heterocycles. The van der Waals surface area contributed by atoms with Crippen molar-refractivity contribution in [3.63, 3.8) is 0 Å². The summed E-state index contributed by atoms with van der Waals surface area (Å²) in [5.74, 6) is 5.08. The van der Waals surface area contributed by atoms with E-state index < -0.39 is 0 Å². The standard InChI is InChI=1S/C9H8ClFN4/c1-4-2-6-7(3-5(4)11)14-9(15-12)8(10)13-6/h2-3H,12H2,1H3,(H,14,15). The zero-order valence-corrected chi connectivity index (χ0v) is 8.64. The maximum absolute atomic E-state index is 13.2. The van der Waals surface area contributed by atoms with E-state index in [-0.39, 0.29) is 16.8 Å². The second-order valence-electron chi connectivity index (χ2n) is 3.10. The molecule has 0 aliphatic heterocycles. The number of halogens is 2. The third-order valence-corrected chi connectivity index (χ3v) is 2.30. The van der Waals surface area contributed by atoms with Crippen LogP contribution in [-0.2, 0) is 0 Å². The van der Waals surface area contributed by atoms with Gasteiger partial charge in [-0.2, -0.15) is 0 Å². The number of aryl methyl sites for hydroxylation is 1. The molecule has 0 atom stereocenters. The fraction of sp³-hybridized carbons (Fsp3) is 0.111. The van der Waals surface area contributed by atoms with Gasteiger partial charge in [-0.1, -0.05) is 11.6 Å². The zero-order chi connectivity index (χ0) is 11.0. The molecular formula is C9H8ClFN4. The molecule has 0 saturated heterocycles. The van der Waals surface area contributed by atoms with Crippen molar-refractivity contribution >= 4 is 28.5 Å². The van der Waals surface area contributed by atoms with Crippen molar-refractivity contribution in [2.24, 2.45) is 5.84 Å². The first-order chi connectivity index (χ1) is 7.11. The molecule has 0 spiro atoms. The van der Waals surface area contributed by atoms with E-state index in [2.05, 4.69) is 15.4 Å². The lowest BCUT2D eigenvalue weighted by Gasteiger charge is -2.05. The van der Waals surface area contributed by atoms with E-state index in [1.807, 2.05) is 0 Å². The van der Waals surface area contributed by atoms with Crippen LogP contribution in [0.4, 0.5) is 10.2 Å². The van der Waals surface area contributed by atoms with Crippen molar-refractivity contribution in [1.82, 2.24) is 9.97 Å². The van der Waals surface area contributed by atoms with Gasteiger partial charge in [0, 0.05) is 6.07 Å². The van der Waals surface area contributed by atoms with Gasteiger partial charge in [0.05, 0.1) is 11.0 Å². The summed E-state index contributed by atoms with van der Waals surface area (Å²) in [5.41, 5.74) is 3.75. The normalized spacial score (nSPS) is 10.7. The number of fused-ring (bicyclic) bond motifs is 1. The number of benzene rings is 1. The maximum Gasteiger partial charge on any atom is 0.178 e. The number of rotatable bonds is 1. The number of nitrogens with two attached hydrogens (primary N) is 1. The van der Waals surface area contributed by atoms with Crippen molar-refractivity contribution in [2.45, 2.75) is 6.92 Å². The van der Waals surface area contributed by atoms with E-state index in [9.17, 15) is 4.39 Å². The van der Waals surface area contributed by atoms with Gasteiger partial charge in [0.25, 0.3) is 0 Å². The summed E-state index contributed by atoms with van der Waals surface area (Å²) in [5, 5.41) is 0.163. The largest absolute Gasteiger partial charge is 0.306 e. The highest BCUT2D eigenvalue weighted by atomic mass is 35.5. The highest BCUT2D eigenvalue weighted by Crippen LogP contribution is 2.22. The first-order valence-corrected chi connectivity index (χ1v) is 4.59. The number of aromatic nitrogens is 2. The van der Waals surface area contributed by atoms with Gasteiger partial charge in [-0.15, -0.1) is 0 Å². The molecule has 0 saturated carbocycles. The second kappa shape index (κ2) is 3.60. The molecule has 15 heavy (non-hydrogen) atoms. The number of nitrogen functional groups attached to an aromatic ring is 1. The Hall–Kier alpha value is -1.46. The lowest BCUT2D eigenvalue weighted by Crippen LogP contribution is -2.10. The highest BCUT2D eigenvalue weighted by Gasteiger charge is 2.07. The van der Waals surface area contributed by atoms with E-state index in [0.29, 0.717) is 16.6 Å². The van der Waals surface area contributed by atoms with Gasteiger partial charge in [0.1, 0.15) is 5.82 Å². The maximum atomic E-state index is 13.2. The number of hydrazine groups is 1. The summed E-state index contributed by atoms with van der Waals surface area (Å²) in [6.45, 7) is 1.65. The van der Waals surface area contributed by atoms with Crippen LogP contribution in [0.2, 0.25) is 5.15 Å². The average Bonchev–Trinajstić information content (AvgIpc) is 2.20. The lowest BCUT2D eigenvalue weighted by atomic mass is 10.2. The van der Waals surface area contributed by atoms with Crippen molar-refractivity contribution in [2.75, 3.05) is 5.43 Å². The third-order valence-electron chi connectivity index (χ3n) is 2.04. The molecule has 3 N–H and O–H groups in total. The molecule has 0 aliphatic rings. The predicted molar refractivity (Wildman–Crippen MR) is 57.1 cm³/mol. The van der Waals surface area contributed by atoms with E-state index in [1.54, 1.807) is 13.0 Å². The quantitative estimate of drug-likeness (QED) is 0.577. The fourth-order valence-corrected chi connectivity index (χ4v) is 1.44.